The van der Waals surface area contributed by atoms with E-state index in [-0.39, 0.29) is 23.9 Å². The van der Waals surface area contributed by atoms with Gasteiger partial charge in [-0.05, 0) is 72.3 Å². The van der Waals surface area contributed by atoms with Crippen LogP contribution in [0.5, 0.6) is 5.75 Å². The fraction of sp³-hybridized carbons (Fsp3) is 0.357. The Morgan fingerprint density at radius 3 is 2.47 bits per heavy atom. The van der Waals surface area contributed by atoms with Crippen LogP contribution in [0.3, 0.4) is 0 Å². The highest BCUT2D eigenvalue weighted by molar-refractivity contribution is 7.10. The molecule has 0 spiro atoms. The Morgan fingerprint density at radius 2 is 1.78 bits per heavy atom. The SMILES string of the molecule is COc1ccc([C@H]2c3ccsc3CCN2CC(=O)N2CCN(C(=O)c3ccc(Cl)cc3)[C@H](C)C2)cc1. The molecule has 1 fully saturated rings. The molecule has 36 heavy (non-hydrogen) atoms. The molecule has 0 unspecified atom stereocenters. The lowest BCUT2D eigenvalue weighted by molar-refractivity contribution is -0.135. The minimum atomic E-state index is -0.0619. The first-order valence-electron chi connectivity index (χ1n) is 12.2. The summed E-state index contributed by atoms with van der Waals surface area (Å²) in [6.07, 6.45) is 0.951. The van der Waals surface area contributed by atoms with Crippen molar-refractivity contribution in [2.45, 2.75) is 25.4 Å². The van der Waals surface area contributed by atoms with Crippen molar-refractivity contribution >= 4 is 34.8 Å². The molecule has 8 heteroatoms. The number of amides is 2. The number of fused-ring (bicyclic) bond motifs is 1. The van der Waals surface area contributed by atoms with E-state index in [1.165, 1.54) is 10.4 Å². The molecule has 0 saturated carbocycles. The number of carbonyl (C=O) groups is 2. The van der Waals surface area contributed by atoms with Gasteiger partial charge in [-0.1, -0.05) is 23.7 Å². The van der Waals surface area contributed by atoms with Gasteiger partial charge in [-0.2, -0.15) is 0 Å². The van der Waals surface area contributed by atoms with Crippen LogP contribution in [-0.2, 0) is 11.2 Å². The van der Waals surface area contributed by atoms with Gasteiger partial charge in [0.15, 0.2) is 0 Å². The van der Waals surface area contributed by atoms with Crippen molar-refractivity contribution in [1.82, 2.24) is 14.7 Å². The number of hydrogen-bond donors (Lipinski definition) is 0. The number of carbonyl (C=O) groups excluding carboxylic acids is 2. The molecular weight excluding hydrogens is 494 g/mol. The predicted molar refractivity (Wildman–Crippen MR) is 143 cm³/mol. The van der Waals surface area contributed by atoms with Crippen molar-refractivity contribution in [3.8, 4) is 5.75 Å². The van der Waals surface area contributed by atoms with Crippen molar-refractivity contribution in [1.29, 1.82) is 0 Å². The van der Waals surface area contributed by atoms with Gasteiger partial charge in [0.05, 0.1) is 19.7 Å². The molecule has 3 heterocycles. The second-order valence-electron chi connectivity index (χ2n) is 9.39. The second kappa shape index (κ2) is 10.6. The van der Waals surface area contributed by atoms with Gasteiger partial charge in [-0.15, -0.1) is 11.3 Å². The van der Waals surface area contributed by atoms with E-state index < -0.39 is 0 Å². The molecule has 5 rings (SSSR count). The highest BCUT2D eigenvalue weighted by Gasteiger charge is 2.34. The third-order valence-corrected chi connectivity index (χ3v) is 8.42. The summed E-state index contributed by atoms with van der Waals surface area (Å²) in [7, 11) is 1.67. The number of piperazine rings is 1. The molecule has 2 aliphatic heterocycles. The van der Waals surface area contributed by atoms with Crippen LogP contribution in [0.2, 0.25) is 5.02 Å². The Hall–Kier alpha value is -2.87. The standard InChI is InChI=1S/C28H30ClN3O3S/c1-19-17-30(14-15-32(19)28(34)21-3-7-22(29)8-4-21)26(33)18-31-13-11-25-24(12-16-36-25)27(31)20-5-9-23(35-2)10-6-20/h3-10,12,16,19,27H,11,13-15,17-18H2,1-2H3/t19-,27+/m1/s1. The van der Waals surface area contributed by atoms with E-state index in [0.717, 1.165) is 24.3 Å². The largest absolute Gasteiger partial charge is 0.497 e. The summed E-state index contributed by atoms with van der Waals surface area (Å²) in [5.74, 6) is 0.909. The summed E-state index contributed by atoms with van der Waals surface area (Å²) >= 11 is 7.76. The first kappa shape index (κ1) is 24.8. The summed E-state index contributed by atoms with van der Waals surface area (Å²) in [5, 5.41) is 2.75. The number of benzene rings is 2. The first-order chi connectivity index (χ1) is 17.4. The molecule has 0 aliphatic carbocycles. The minimum absolute atomic E-state index is 0.0214. The molecule has 2 amide bonds. The van der Waals surface area contributed by atoms with E-state index in [9.17, 15) is 9.59 Å². The smallest absolute Gasteiger partial charge is 0.254 e. The fourth-order valence-corrected chi connectivity index (χ4v) is 6.26. The molecule has 0 N–H and O–H groups in total. The maximum absolute atomic E-state index is 13.5. The van der Waals surface area contributed by atoms with Crippen LogP contribution < -0.4 is 4.74 Å². The number of methoxy groups -OCH3 is 1. The second-order valence-corrected chi connectivity index (χ2v) is 10.8. The third kappa shape index (κ3) is 5.01. The lowest BCUT2D eigenvalue weighted by atomic mass is 9.93. The van der Waals surface area contributed by atoms with E-state index in [4.69, 9.17) is 16.3 Å². The summed E-state index contributed by atoms with van der Waals surface area (Å²) in [6, 6.07) is 17.3. The Labute approximate surface area is 221 Å². The van der Waals surface area contributed by atoms with Gasteiger partial charge in [0, 0.05) is 47.7 Å². The quantitative estimate of drug-likeness (QED) is 0.485. The zero-order valence-corrected chi connectivity index (χ0v) is 22.1. The van der Waals surface area contributed by atoms with Crippen LogP contribution in [0.4, 0.5) is 0 Å². The molecule has 0 radical (unpaired) electrons. The Morgan fingerprint density at radius 1 is 1.03 bits per heavy atom. The monoisotopic (exact) mass is 523 g/mol. The summed E-state index contributed by atoms with van der Waals surface area (Å²) in [4.78, 5) is 33.9. The van der Waals surface area contributed by atoms with Gasteiger partial charge < -0.3 is 14.5 Å². The third-order valence-electron chi connectivity index (χ3n) is 7.17. The molecule has 3 aromatic rings. The number of rotatable bonds is 5. The van der Waals surface area contributed by atoms with Crippen LogP contribution in [-0.4, -0.2) is 72.4 Å². The van der Waals surface area contributed by atoms with Gasteiger partial charge in [-0.25, -0.2) is 0 Å². The fourth-order valence-electron chi connectivity index (χ4n) is 5.23. The van der Waals surface area contributed by atoms with Gasteiger partial charge in [-0.3, -0.25) is 14.5 Å². The van der Waals surface area contributed by atoms with Crippen molar-refractivity contribution in [3.05, 3.63) is 86.6 Å². The number of halogens is 1. The topological polar surface area (TPSA) is 53.1 Å². The Balaban J connectivity index is 1.27. The van der Waals surface area contributed by atoms with Crippen LogP contribution in [0.15, 0.2) is 60.0 Å². The number of hydrogen-bond acceptors (Lipinski definition) is 5. The molecule has 1 aromatic heterocycles. The van der Waals surface area contributed by atoms with Gasteiger partial charge in [0.1, 0.15) is 5.75 Å². The normalized spacial score (nSPS) is 20.2. The summed E-state index contributed by atoms with van der Waals surface area (Å²) < 4.78 is 5.34. The number of nitrogens with zero attached hydrogens (tertiary/aromatic N) is 3. The average molecular weight is 524 g/mol. The highest BCUT2D eigenvalue weighted by atomic mass is 35.5. The van der Waals surface area contributed by atoms with Crippen LogP contribution in [0.1, 0.15) is 39.3 Å². The van der Waals surface area contributed by atoms with Crippen molar-refractivity contribution < 1.29 is 14.3 Å². The molecule has 2 atom stereocenters. The van der Waals surface area contributed by atoms with E-state index >= 15 is 0 Å². The average Bonchev–Trinajstić information content (AvgIpc) is 3.37. The molecule has 1 saturated heterocycles. The van der Waals surface area contributed by atoms with E-state index in [2.05, 4.69) is 28.5 Å². The number of ether oxygens (including phenoxy) is 1. The van der Waals surface area contributed by atoms with Crippen LogP contribution in [0, 0.1) is 0 Å². The minimum Gasteiger partial charge on any atom is -0.497 e. The lowest BCUT2D eigenvalue weighted by Gasteiger charge is -2.42. The molecule has 2 aromatic carbocycles. The molecular formula is C28H30ClN3O3S. The Bertz CT molecular complexity index is 1230. The van der Waals surface area contributed by atoms with Crippen molar-refractivity contribution in [2.24, 2.45) is 0 Å². The Kier molecular flexibility index (Phi) is 7.32. The zero-order chi connectivity index (χ0) is 25.2. The van der Waals surface area contributed by atoms with Crippen molar-refractivity contribution in [3.63, 3.8) is 0 Å². The molecule has 2 aliphatic rings. The van der Waals surface area contributed by atoms with Crippen molar-refractivity contribution in [2.75, 3.05) is 39.8 Å². The van der Waals surface area contributed by atoms with E-state index in [1.54, 1.807) is 42.7 Å². The van der Waals surface area contributed by atoms with E-state index in [0.29, 0.717) is 36.8 Å². The molecule has 188 valence electrons. The van der Waals surface area contributed by atoms with Crippen LogP contribution in [0.25, 0.3) is 0 Å². The predicted octanol–water partition coefficient (Wildman–Crippen LogP) is 4.73. The first-order valence-corrected chi connectivity index (χ1v) is 13.5. The number of thiophene rings is 1. The van der Waals surface area contributed by atoms with E-state index in [1.807, 2.05) is 28.9 Å². The lowest BCUT2D eigenvalue weighted by Crippen LogP contribution is -2.57. The molecule has 0 bridgehead atoms. The highest BCUT2D eigenvalue weighted by Crippen LogP contribution is 2.38. The zero-order valence-electron chi connectivity index (χ0n) is 20.5. The van der Waals surface area contributed by atoms with Gasteiger partial charge in [0.2, 0.25) is 5.91 Å². The van der Waals surface area contributed by atoms with Gasteiger partial charge in [0.25, 0.3) is 5.91 Å². The summed E-state index contributed by atoms with van der Waals surface area (Å²) in [6.45, 7) is 4.78. The van der Waals surface area contributed by atoms with Crippen LogP contribution >= 0.6 is 22.9 Å². The maximum atomic E-state index is 13.5. The van der Waals surface area contributed by atoms with Gasteiger partial charge >= 0.3 is 0 Å². The molecule has 6 nitrogen and oxygen atoms in total. The maximum Gasteiger partial charge on any atom is 0.254 e. The summed E-state index contributed by atoms with van der Waals surface area (Å²) in [5.41, 5.74) is 3.07.